The number of hydrogen-bond acceptors (Lipinski definition) is 4. The lowest BCUT2D eigenvalue weighted by molar-refractivity contribution is 0.178. The van der Waals surface area contributed by atoms with Crippen LogP contribution in [0, 0.1) is 5.82 Å². The first-order valence-corrected chi connectivity index (χ1v) is 7.57. The molecule has 2 aromatic rings. The number of nitrogens with one attached hydrogen (secondary N) is 1. The molecule has 1 amide bonds. The van der Waals surface area contributed by atoms with Crippen molar-refractivity contribution >= 4 is 23.5 Å². The number of halogens is 2. The molecule has 1 fully saturated rings. The van der Waals surface area contributed by atoms with E-state index in [4.69, 9.17) is 16.3 Å². The van der Waals surface area contributed by atoms with E-state index in [0.717, 1.165) is 12.3 Å². The molecule has 23 heavy (non-hydrogen) atoms. The van der Waals surface area contributed by atoms with Gasteiger partial charge in [0.1, 0.15) is 24.3 Å². The van der Waals surface area contributed by atoms with Crippen molar-refractivity contribution in [3.8, 4) is 0 Å². The Labute approximate surface area is 135 Å². The molecule has 122 valence electrons. The maximum atomic E-state index is 13.5. The van der Waals surface area contributed by atoms with E-state index in [2.05, 4.69) is 10.1 Å². The molecule has 0 spiro atoms. The molecule has 2 aromatic heterocycles. The number of nitrogens with zero attached hydrogens (tertiary/aromatic N) is 3. The van der Waals surface area contributed by atoms with Crippen molar-refractivity contribution in [3.05, 3.63) is 46.3 Å². The molecular formula is C14H14ClFN4O3. The maximum absolute atomic E-state index is 13.5. The van der Waals surface area contributed by atoms with Gasteiger partial charge in [-0.15, -0.1) is 11.6 Å². The minimum Gasteiger partial charge on any atom is -0.447 e. The second-order valence-corrected chi connectivity index (χ2v) is 5.40. The Kier molecular flexibility index (Phi) is 4.33. The predicted octanol–water partition coefficient (Wildman–Crippen LogP) is 2.04. The Hall–Kier alpha value is -2.35. The molecule has 0 bridgehead atoms. The molecule has 0 saturated carbocycles. The highest BCUT2D eigenvalue weighted by Crippen LogP contribution is 2.31. The minimum absolute atomic E-state index is 0.0357. The van der Waals surface area contributed by atoms with E-state index in [1.165, 1.54) is 4.90 Å². The lowest BCUT2D eigenvalue weighted by Crippen LogP contribution is -2.33. The Balaban J connectivity index is 1.99. The molecule has 1 N–H and O–H groups in total. The number of amides is 1. The van der Waals surface area contributed by atoms with Gasteiger partial charge in [0.2, 0.25) is 0 Å². The summed E-state index contributed by atoms with van der Waals surface area (Å²) in [5.74, 6) is 0.345. The normalized spacial score (nSPS) is 17.6. The third kappa shape index (κ3) is 2.94. The first-order chi connectivity index (χ1) is 11.1. The fraction of sp³-hybridized carbons (Fsp3) is 0.357. The SMILES string of the molecule is O=C1OC[C@H](c2cc(F)c[nH]c2=O)N1c1ccnn1CCCCl. The molecule has 3 rings (SSSR count). The molecule has 0 unspecified atom stereocenters. The number of hydrogen-bond donors (Lipinski definition) is 1. The van der Waals surface area contributed by atoms with Crippen LogP contribution in [0.2, 0.25) is 0 Å². The van der Waals surface area contributed by atoms with Crippen LogP contribution in [0.1, 0.15) is 18.0 Å². The summed E-state index contributed by atoms with van der Waals surface area (Å²) in [5.41, 5.74) is -0.340. The predicted molar refractivity (Wildman–Crippen MR) is 81.2 cm³/mol. The number of carbonyl (C=O) groups excluding carboxylic acids is 1. The van der Waals surface area contributed by atoms with Gasteiger partial charge < -0.3 is 9.72 Å². The molecular weight excluding hydrogens is 327 g/mol. The van der Waals surface area contributed by atoms with E-state index in [1.807, 2.05) is 0 Å². The largest absolute Gasteiger partial charge is 0.447 e. The van der Waals surface area contributed by atoms with Crippen LogP contribution in [0.5, 0.6) is 0 Å². The van der Waals surface area contributed by atoms with Crippen LogP contribution in [0.3, 0.4) is 0 Å². The Morgan fingerprint density at radius 1 is 1.48 bits per heavy atom. The quantitative estimate of drug-likeness (QED) is 0.845. The monoisotopic (exact) mass is 340 g/mol. The first-order valence-electron chi connectivity index (χ1n) is 7.03. The van der Waals surface area contributed by atoms with E-state index < -0.39 is 23.5 Å². The Bertz CT molecular complexity index is 775. The van der Waals surface area contributed by atoms with Crippen LogP contribution in [-0.2, 0) is 11.3 Å². The highest BCUT2D eigenvalue weighted by molar-refractivity contribution is 6.17. The number of aromatic nitrogens is 3. The summed E-state index contributed by atoms with van der Waals surface area (Å²) < 4.78 is 20.1. The third-order valence-corrected chi connectivity index (χ3v) is 3.84. The van der Waals surface area contributed by atoms with Crippen molar-refractivity contribution in [2.24, 2.45) is 0 Å². The summed E-state index contributed by atoms with van der Waals surface area (Å²) in [5, 5.41) is 4.15. The summed E-state index contributed by atoms with van der Waals surface area (Å²) in [4.78, 5) is 27.7. The van der Waals surface area contributed by atoms with Crippen LogP contribution in [0.15, 0.2) is 29.3 Å². The number of aromatic amines is 1. The van der Waals surface area contributed by atoms with E-state index in [9.17, 15) is 14.0 Å². The molecule has 9 heteroatoms. The van der Waals surface area contributed by atoms with Gasteiger partial charge in [0.15, 0.2) is 0 Å². The van der Waals surface area contributed by atoms with Crippen LogP contribution in [0.4, 0.5) is 15.0 Å². The zero-order valence-corrected chi connectivity index (χ0v) is 12.8. The summed E-state index contributed by atoms with van der Waals surface area (Å²) >= 11 is 5.69. The number of rotatable bonds is 5. The van der Waals surface area contributed by atoms with E-state index >= 15 is 0 Å². The summed E-state index contributed by atoms with van der Waals surface area (Å²) in [6.07, 6.45) is 2.58. The fourth-order valence-electron chi connectivity index (χ4n) is 2.54. The number of H-pyrrole nitrogens is 1. The van der Waals surface area contributed by atoms with Gasteiger partial charge in [0, 0.05) is 30.3 Å². The van der Waals surface area contributed by atoms with Crippen molar-refractivity contribution in [1.29, 1.82) is 0 Å². The molecule has 1 saturated heterocycles. The molecule has 1 aliphatic rings. The number of alkyl halides is 1. The zero-order chi connectivity index (χ0) is 16.4. The standard InChI is InChI=1S/C14H14ClFN4O3/c15-3-1-5-19-12(2-4-18-19)20-11(8-23-14(20)22)10-6-9(16)7-17-13(10)21/h2,4,6-7,11H,1,3,5,8H2,(H,17,21)/t11-/m1/s1. The van der Waals surface area contributed by atoms with Crippen molar-refractivity contribution < 1.29 is 13.9 Å². The molecule has 7 nitrogen and oxygen atoms in total. The summed E-state index contributed by atoms with van der Waals surface area (Å²) in [6, 6.07) is 2.03. The average Bonchev–Trinajstić information content (AvgIpc) is 3.13. The van der Waals surface area contributed by atoms with Crippen LogP contribution in [0.25, 0.3) is 0 Å². The maximum Gasteiger partial charge on any atom is 0.416 e. The lowest BCUT2D eigenvalue weighted by Gasteiger charge is -2.21. The highest BCUT2D eigenvalue weighted by atomic mass is 35.5. The lowest BCUT2D eigenvalue weighted by atomic mass is 10.1. The van der Waals surface area contributed by atoms with Gasteiger partial charge in [-0.25, -0.2) is 13.9 Å². The van der Waals surface area contributed by atoms with Crippen molar-refractivity contribution in [3.63, 3.8) is 0 Å². The zero-order valence-electron chi connectivity index (χ0n) is 12.0. The first kappa shape index (κ1) is 15.5. The number of carbonyl (C=O) groups is 1. The Morgan fingerprint density at radius 2 is 2.30 bits per heavy atom. The fourth-order valence-corrected chi connectivity index (χ4v) is 2.66. The number of aryl methyl sites for hydroxylation is 1. The van der Waals surface area contributed by atoms with Crippen LogP contribution >= 0.6 is 11.6 Å². The Morgan fingerprint density at radius 3 is 3.09 bits per heavy atom. The van der Waals surface area contributed by atoms with Crippen molar-refractivity contribution in [2.45, 2.75) is 19.0 Å². The van der Waals surface area contributed by atoms with Crippen LogP contribution in [-0.4, -0.2) is 33.3 Å². The highest BCUT2D eigenvalue weighted by Gasteiger charge is 2.38. The van der Waals surface area contributed by atoms with E-state index in [-0.39, 0.29) is 12.2 Å². The van der Waals surface area contributed by atoms with Gasteiger partial charge in [-0.05, 0) is 12.5 Å². The number of anilines is 1. The average molecular weight is 341 g/mol. The third-order valence-electron chi connectivity index (χ3n) is 3.57. The van der Waals surface area contributed by atoms with Crippen molar-refractivity contribution in [2.75, 3.05) is 17.4 Å². The molecule has 0 aromatic carbocycles. The van der Waals surface area contributed by atoms with Gasteiger partial charge >= 0.3 is 6.09 Å². The minimum atomic E-state index is -0.714. The molecule has 1 atom stereocenters. The molecule has 0 aliphatic carbocycles. The summed E-state index contributed by atoms with van der Waals surface area (Å²) in [6.45, 7) is 0.480. The number of ether oxygens (including phenoxy) is 1. The molecule has 0 radical (unpaired) electrons. The van der Waals surface area contributed by atoms with E-state index in [0.29, 0.717) is 24.7 Å². The molecule has 3 heterocycles. The van der Waals surface area contributed by atoms with Gasteiger partial charge in [0.25, 0.3) is 5.56 Å². The van der Waals surface area contributed by atoms with Gasteiger partial charge in [-0.2, -0.15) is 5.10 Å². The molecule has 1 aliphatic heterocycles. The number of cyclic esters (lactones) is 1. The number of pyridine rings is 1. The second-order valence-electron chi connectivity index (χ2n) is 5.02. The van der Waals surface area contributed by atoms with Crippen LogP contribution < -0.4 is 10.5 Å². The van der Waals surface area contributed by atoms with Gasteiger partial charge in [-0.1, -0.05) is 0 Å². The summed E-state index contributed by atoms with van der Waals surface area (Å²) in [7, 11) is 0. The van der Waals surface area contributed by atoms with E-state index in [1.54, 1.807) is 16.9 Å². The van der Waals surface area contributed by atoms with Crippen molar-refractivity contribution in [1.82, 2.24) is 14.8 Å². The second kappa shape index (κ2) is 6.41. The smallest absolute Gasteiger partial charge is 0.416 e. The van der Waals surface area contributed by atoms with Gasteiger partial charge in [0.05, 0.1) is 6.20 Å². The van der Waals surface area contributed by atoms with Gasteiger partial charge in [-0.3, -0.25) is 9.69 Å². The topological polar surface area (TPSA) is 80.2 Å².